The van der Waals surface area contributed by atoms with Crippen molar-refractivity contribution in [2.75, 3.05) is 0 Å². The first-order valence-corrected chi connectivity index (χ1v) is 5.59. The van der Waals surface area contributed by atoms with Gasteiger partial charge < -0.3 is 9.84 Å². The Balaban J connectivity index is 1.80. The Labute approximate surface area is 90.9 Å². The van der Waals surface area contributed by atoms with Crippen LogP contribution in [0.25, 0.3) is 0 Å². The molecule has 3 unspecified atom stereocenters. The molecule has 0 spiro atoms. The molecule has 1 saturated carbocycles. The Morgan fingerprint density at radius 3 is 2.60 bits per heavy atom. The molecule has 1 aliphatic rings. The highest BCUT2D eigenvalue weighted by Gasteiger charge is 2.30. The van der Waals surface area contributed by atoms with E-state index in [0.29, 0.717) is 12.5 Å². The van der Waals surface area contributed by atoms with Gasteiger partial charge in [-0.15, -0.1) is 0 Å². The van der Waals surface area contributed by atoms with Gasteiger partial charge in [-0.3, -0.25) is 0 Å². The Morgan fingerprint density at radius 2 is 2.00 bits per heavy atom. The number of rotatable bonds is 3. The van der Waals surface area contributed by atoms with Crippen LogP contribution in [0.1, 0.15) is 25.3 Å². The van der Waals surface area contributed by atoms with Crippen LogP contribution in [0.15, 0.2) is 30.3 Å². The van der Waals surface area contributed by atoms with Gasteiger partial charge in [0.25, 0.3) is 0 Å². The summed E-state index contributed by atoms with van der Waals surface area (Å²) >= 11 is 0. The smallest absolute Gasteiger partial charge is 0.0720 e. The van der Waals surface area contributed by atoms with Crippen LogP contribution in [0.3, 0.4) is 0 Å². The van der Waals surface area contributed by atoms with E-state index in [2.05, 4.69) is 19.1 Å². The number of aliphatic hydroxyl groups is 1. The molecule has 82 valence electrons. The molecule has 0 bridgehead atoms. The number of hydrogen-bond acceptors (Lipinski definition) is 2. The van der Waals surface area contributed by atoms with Crippen molar-refractivity contribution in [3.63, 3.8) is 0 Å². The van der Waals surface area contributed by atoms with Crippen LogP contribution in [-0.2, 0) is 11.3 Å². The molecule has 2 rings (SSSR count). The Kier molecular flexibility index (Phi) is 3.39. The second-order valence-electron chi connectivity index (χ2n) is 4.43. The molecule has 15 heavy (non-hydrogen) atoms. The van der Waals surface area contributed by atoms with Crippen molar-refractivity contribution in [1.82, 2.24) is 0 Å². The summed E-state index contributed by atoms with van der Waals surface area (Å²) in [5.41, 5.74) is 1.20. The third kappa shape index (κ3) is 2.80. The lowest BCUT2D eigenvalue weighted by Gasteiger charge is -2.11. The van der Waals surface area contributed by atoms with Crippen molar-refractivity contribution in [1.29, 1.82) is 0 Å². The van der Waals surface area contributed by atoms with E-state index in [1.54, 1.807) is 0 Å². The van der Waals surface area contributed by atoms with Crippen LogP contribution in [0.2, 0.25) is 0 Å². The molecule has 1 aromatic carbocycles. The minimum Gasteiger partial charge on any atom is -0.393 e. The molecule has 1 aliphatic carbocycles. The van der Waals surface area contributed by atoms with E-state index in [-0.39, 0.29) is 12.2 Å². The molecule has 3 atom stereocenters. The Bertz CT molecular complexity index is 287. The SMILES string of the molecule is CC1CC(OCc2ccccc2)CC1O. The highest BCUT2D eigenvalue weighted by Crippen LogP contribution is 2.28. The van der Waals surface area contributed by atoms with Gasteiger partial charge >= 0.3 is 0 Å². The van der Waals surface area contributed by atoms with E-state index in [0.717, 1.165) is 12.8 Å². The van der Waals surface area contributed by atoms with E-state index in [1.807, 2.05) is 18.2 Å². The van der Waals surface area contributed by atoms with Gasteiger partial charge in [0.15, 0.2) is 0 Å². The van der Waals surface area contributed by atoms with Crippen molar-refractivity contribution in [3.05, 3.63) is 35.9 Å². The molecular formula is C13H18O2. The average Bonchev–Trinajstić information content (AvgIpc) is 2.57. The summed E-state index contributed by atoms with van der Waals surface area (Å²) in [7, 11) is 0. The average molecular weight is 206 g/mol. The first-order valence-electron chi connectivity index (χ1n) is 5.59. The van der Waals surface area contributed by atoms with Crippen molar-refractivity contribution in [3.8, 4) is 0 Å². The second-order valence-corrected chi connectivity index (χ2v) is 4.43. The highest BCUT2D eigenvalue weighted by atomic mass is 16.5. The molecule has 0 aromatic heterocycles. The van der Waals surface area contributed by atoms with Crippen LogP contribution in [0.4, 0.5) is 0 Å². The van der Waals surface area contributed by atoms with Gasteiger partial charge in [-0.1, -0.05) is 37.3 Å². The molecule has 0 aliphatic heterocycles. The van der Waals surface area contributed by atoms with Gasteiger partial charge in [-0.2, -0.15) is 0 Å². The van der Waals surface area contributed by atoms with Crippen LogP contribution < -0.4 is 0 Å². The van der Waals surface area contributed by atoms with Gasteiger partial charge in [0.05, 0.1) is 18.8 Å². The fourth-order valence-electron chi connectivity index (χ4n) is 2.09. The fraction of sp³-hybridized carbons (Fsp3) is 0.538. The van der Waals surface area contributed by atoms with E-state index in [1.165, 1.54) is 5.56 Å². The third-order valence-electron chi connectivity index (χ3n) is 3.12. The van der Waals surface area contributed by atoms with E-state index >= 15 is 0 Å². The van der Waals surface area contributed by atoms with E-state index in [9.17, 15) is 5.11 Å². The van der Waals surface area contributed by atoms with Crippen LogP contribution in [0, 0.1) is 5.92 Å². The summed E-state index contributed by atoms with van der Waals surface area (Å²) in [6.07, 6.45) is 1.82. The lowest BCUT2D eigenvalue weighted by atomic mass is 10.1. The van der Waals surface area contributed by atoms with E-state index < -0.39 is 0 Å². The number of ether oxygens (including phenoxy) is 1. The predicted molar refractivity (Wildman–Crippen MR) is 59.4 cm³/mol. The first-order chi connectivity index (χ1) is 7.25. The van der Waals surface area contributed by atoms with Crippen molar-refractivity contribution in [2.45, 2.75) is 38.6 Å². The van der Waals surface area contributed by atoms with Gasteiger partial charge in [-0.05, 0) is 24.3 Å². The van der Waals surface area contributed by atoms with Crippen molar-refractivity contribution in [2.24, 2.45) is 5.92 Å². The zero-order chi connectivity index (χ0) is 10.7. The lowest BCUT2D eigenvalue weighted by molar-refractivity contribution is 0.0357. The standard InChI is InChI=1S/C13H18O2/c1-10-7-12(8-13(10)14)15-9-11-5-3-2-4-6-11/h2-6,10,12-14H,7-9H2,1H3. The molecule has 1 fully saturated rings. The molecule has 0 saturated heterocycles. The molecule has 2 nitrogen and oxygen atoms in total. The monoisotopic (exact) mass is 206 g/mol. The largest absolute Gasteiger partial charge is 0.393 e. The maximum absolute atomic E-state index is 9.59. The summed E-state index contributed by atoms with van der Waals surface area (Å²) in [6.45, 7) is 2.74. The third-order valence-corrected chi connectivity index (χ3v) is 3.12. The molecule has 1 N–H and O–H groups in total. The van der Waals surface area contributed by atoms with Gasteiger partial charge in [0.2, 0.25) is 0 Å². The van der Waals surface area contributed by atoms with Crippen LogP contribution in [0.5, 0.6) is 0 Å². The van der Waals surface area contributed by atoms with Crippen LogP contribution in [-0.4, -0.2) is 17.3 Å². The summed E-state index contributed by atoms with van der Waals surface area (Å²) in [4.78, 5) is 0. The minimum atomic E-state index is -0.175. The number of benzene rings is 1. The molecule has 1 aromatic rings. The van der Waals surface area contributed by atoms with Crippen molar-refractivity contribution < 1.29 is 9.84 Å². The second kappa shape index (κ2) is 4.77. The van der Waals surface area contributed by atoms with Crippen molar-refractivity contribution >= 4 is 0 Å². The Morgan fingerprint density at radius 1 is 1.27 bits per heavy atom. The topological polar surface area (TPSA) is 29.5 Å². The zero-order valence-electron chi connectivity index (χ0n) is 9.10. The molecule has 0 amide bonds. The maximum Gasteiger partial charge on any atom is 0.0720 e. The number of hydrogen-bond donors (Lipinski definition) is 1. The molecule has 0 radical (unpaired) electrons. The fourth-order valence-corrected chi connectivity index (χ4v) is 2.09. The van der Waals surface area contributed by atoms with Gasteiger partial charge in [0.1, 0.15) is 0 Å². The highest BCUT2D eigenvalue weighted by molar-refractivity contribution is 5.13. The van der Waals surface area contributed by atoms with Gasteiger partial charge in [0, 0.05) is 0 Å². The van der Waals surface area contributed by atoms with Crippen LogP contribution >= 0.6 is 0 Å². The summed E-state index contributed by atoms with van der Waals surface area (Å²) in [6, 6.07) is 10.2. The summed E-state index contributed by atoms with van der Waals surface area (Å²) in [5.74, 6) is 0.380. The molecule has 2 heteroatoms. The summed E-state index contributed by atoms with van der Waals surface area (Å²) < 4.78 is 5.77. The molecule has 0 heterocycles. The predicted octanol–water partition coefficient (Wildman–Crippen LogP) is 2.36. The number of aliphatic hydroxyl groups excluding tert-OH is 1. The maximum atomic E-state index is 9.59. The van der Waals surface area contributed by atoms with Gasteiger partial charge in [-0.25, -0.2) is 0 Å². The first kappa shape index (κ1) is 10.7. The Hall–Kier alpha value is -0.860. The summed E-state index contributed by atoms with van der Waals surface area (Å²) in [5, 5.41) is 9.59. The minimum absolute atomic E-state index is 0.175. The molecular weight excluding hydrogens is 188 g/mol. The quantitative estimate of drug-likeness (QED) is 0.822. The zero-order valence-corrected chi connectivity index (χ0v) is 9.10. The van der Waals surface area contributed by atoms with E-state index in [4.69, 9.17) is 4.74 Å². The lowest BCUT2D eigenvalue weighted by Crippen LogP contribution is -2.10. The normalized spacial score (nSPS) is 30.7.